The number of hydrogen-bond acceptors (Lipinski definition) is 3. The van der Waals surface area contributed by atoms with Crippen LogP contribution in [0.4, 0.5) is 0 Å². The van der Waals surface area contributed by atoms with Crippen LogP contribution in [0.5, 0.6) is 0 Å². The molecule has 0 unspecified atom stereocenters. The molecule has 0 amide bonds. The van der Waals surface area contributed by atoms with Gasteiger partial charge in [-0.2, -0.15) is 0 Å². The molecule has 20 heavy (non-hydrogen) atoms. The predicted octanol–water partition coefficient (Wildman–Crippen LogP) is 2.22. The van der Waals surface area contributed by atoms with Gasteiger partial charge in [-0.25, -0.2) is 13.1 Å². The second-order valence-electron chi connectivity index (χ2n) is 5.84. The van der Waals surface area contributed by atoms with E-state index in [1.54, 1.807) is 12.1 Å². The van der Waals surface area contributed by atoms with E-state index in [1.165, 1.54) is 0 Å². The summed E-state index contributed by atoms with van der Waals surface area (Å²) < 4.78 is 27.6. The number of hydrogen-bond donors (Lipinski definition) is 2. The van der Waals surface area contributed by atoms with Crippen molar-refractivity contribution in [3.05, 3.63) is 29.8 Å². The molecular weight excluding hydrogens is 274 g/mol. The second kappa shape index (κ2) is 6.24. The summed E-state index contributed by atoms with van der Waals surface area (Å²) in [5, 5.41) is 8.79. The van der Waals surface area contributed by atoms with Crippen molar-refractivity contribution in [3.8, 4) is 0 Å². The van der Waals surface area contributed by atoms with Gasteiger partial charge in [-0.1, -0.05) is 25.0 Å². The Labute approximate surface area is 121 Å². The van der Waals surface area contributed by atoms with Gasteiger partial charge < -0.3 is 5.11 Å². The molecule has 0 radical (unpaired) electrons. The molecule has 5 heteroatoms. The van der Waals surface area contributed by atoms with E-state index in [0.717, 1.165) is 37.7 Å². The van der Waals surface area contributed by atoms with Crippen LogP contribution in [0.2, 0.25) is 0 Å². The van der Waals surface area contributed by atoms with Crippen molar-refractivity contribution in [3.63, 3.8) is 0 Å². The molecule has 1 aliphatic carbocycles. The topological polar surface area (TPSA) is 66.4 Å². The van der Waals surface area contributed by atoms with Crippen LogP contribution >= 0.6 is 0 Å². The molecular formula is C15H23NO3S. The van der Waals surface area contributed by atoms with Gasteiger partial charge in [0.25, 0.3) is 0 Å². The number of nitrogens with one attached hydrogen (secondary N) is 1. The first-order valence-corrected chi connectivity index (χ1v) is 8.67. The lowest BCUT2D eigenvalue weighted by Gasteiger charge is -2.24. The molecule has 2 rings (SSSR count). The lowest BCUT2D eigenvalue weighted by Crippen LogP contribution is -2.43. The number of sulfonamides is 1. The fraction of sp³-hybridized carbons (Fsp3) is 0.600. The minimum Gasteiger partial charge on any atom is -0.396 e. The Morgan fingerprint density at radius 1 is 1.20 bits per heavy atom. The minimum absolute atomic E-state index is 0.153. The van der Waals surface area contributed by atoms with E-state index in [1.807, 2.05) is 19.1 Å². The van der Waals surface area contributed by atoms with Crippen LogP contribution in [-0.4, -0.2) is 25.7 Å². The molecule has 1 aromatic rings. The van der Waals surface area contributed by atoms with Crippen molar-refractivity contribution in [1.29, 1.82) is 0 Å². The number of aliphatic hydroxyl groups is 1. The molecule has 0 aromatic heterocycles. The van der Waals surface area contributed by atoms with E-state index < -0.39 is 10.0 Å². The quantitative estimate of drug-likeness (QED) is 0.846. The maximum absolute atomic E-state index is 12.4. The summed E-state index contributed by atoms with van der Waals surface area (Å²) in [6.07, 6.45) is 5.43. The Morgan fingerprint density at radius 3 is 2.35 bits per heavy atom. The van der Waals surface area contributed by atoms with E-state index in [0.29, 0.717) is 11.3 Å². The number of rotatable bonds is 6. The third-order valence-electron chi connectivity index (χ3n) is 3.95. The maximum atomic E-state index is 12.4. The Morgan fingerprint density at radius 2 is 1.80 bits per heavy atom. The average Bonchev–Trinajstić information content (AvgIpc) is 2.82. The van der Waals surface area contributed by atoms with E-state index in [2.05, 4.69) is 4.72 Å². The molecule has 0 atom stereocenters. The third kappa shape index (κ3) is 3.81. The van der Waals surface area contributed by atoms with Crippen molar-refractivity contribution in [2.75, 3.05) is 6.61 Å². The number of aliphatic hydroxyl groups excluding tert-OH is 1. The zero-order valence-electron chi connectivity index (χ0n) is 11.9. The highest BCUT2D eigenvalue weighted by atomic mass is 32.2. The van der Waals surface area contributed by atoms with Gasteiger partial charge in [-0.05, 0) is 50.3 Å². The molecule has 1 fully saturated rings. The first kappa shape index (κ1) is 15.5. The molecule has 1 aromatic carbocycles. The lowest BCUT2D eigenvalue weighted by molar-refractivity contribution is 0.288. The number of benzene rings is 1. The monoisotopic (exact) mass is 297 g/mol. The van der Waals surface area contributed by atoms with Crippen molar-refractivity contribution >= 4 is 10.0 Å². The smallest absolute Gasteiger partial charge is 0.241 e. The Bertz CT molecular complexity index is 531. The van der Waals surface area contributed by atoms with E-state index >= 15 is 0 Å². The van der Waals surface area contributed by atoms with E-state index in [-0.39, 0.29) is 12.1 Å². The Kier molecular flexibility index (Phi) is 4.83. The van der Waals surface area contributed by atoms with Crippen LogP contribution in [0.3, 0.4) is 0 Å². The van der Waals surface area contributed by atoms with Gasteiger partial charge in [0.1, 0.15) is 0 Å². The van der Waals surface area contributed by atoms with Crippen molar-refractivity contribution in [1.82, 2.24) is 4.72 Å². The average molecular weight is 297 g/mol. The standard InChI is InChI=1S/C15H23NO3S/c1-15(10-2-3-11-15)16-20(18,19)14-8-6-13(7-9-14)5-4-12-17/h6-9,16-17H,2-5,10-12H2,1H3. The lowest BCUT2D eigenvalue weighted by atomic mass is 10.0. The summed E-state index contributed by atoms with van der Waals surface area (Å²) in [6, 6.07) is 6.93. The highest BCUT2D eigenvalue weighted by molar-refractivity contribution is 7.89. The molecule has 2 N–H and O–H groups in total. The van der Waals surface area contributed by atoms with Crippen LogP contribution < -0.4 is 4.72 Å². The van der Waals surface area contributed by atoms with Crippen molar-refractivity contribution in [2.24, 2.45) is 0 Å². The first-order chi connectivity index (χ1) is 9.45. The second-order valence-corrected chi connectivity index (χ2v) is 7.53. The van der Waals surface area contributed by atoms with Gasteiger partial charge in [0.05, 0.1) is 4.90 Å². The summed E-state index contributed by atoms with van der Waals surface area (Å²) in [5.41, 5.74) is 0.749. The van der Waals surface area contributed by atoms with Gasteiger partial charge in [0.2, 0.25) is 10.0 Å². The zero-order chi connectivity index (χ0) is 14.6. The minimum atomic E-state index is -3.44. The number of aryl methyl sites for hydroxylation is 1. The van der Waals surface area contributed by atoms with Gasteiger partial charge in [-0.15, -0.1) is 0 Å². The van der Waals surface area contributed by atoms with E-state index in [4.69, 9.17) is 5.11 Å². The molecule has 0 saturated heterocycles. The molecule has 0 spiro atoms. The van der Waals surface area contributed by atoms with Crippen LogP contribution in [0.1, 0.15) is 44.6 Å². The van der Waals surface area contributed by atoms with Gasteiger partial charge in [0, 0.05) is 12.1 Å². The first-order valence-electron chi connectivity index (χ1n) is 7.19. The fourth-order valence-electron chi connectivity index (χ4n) is 2.76. The van der Waals surface area contributed by atoms with Crippen LogP contribution in [0.15, 0.2) is 29.2 Å². The molecule has 0 heterocycles. The predicted molar refractivity (Wildman–Crippen MR) is 79.0 cm³/mol. The van der Waals surface area contributed by atoms with Crippen molar-refractivity contribution < 1.29 is 13.5 Å². The maximum Gasteiger partial charge on any atom is 0.241 e. The highest BCUT2D eigenvalue weighted by Crippen LogP contribution is 2.30. The SMILES string of the molecule is CC1(NS(=O)(=O)c2ccc(CCCO)cc2)CCCC1. The Balaban J connectivity index is 2.09. The summed E-state index contributed by atoms with van der Waals surface area (Å²) >= 11 is 0. The zero-order valence-corrected chi connectivity index (χ0v) is 12.7. The summed E-state index contributed by atoms with van der Waals surface area (Å²) in [6.45, 7) is 2.13. The normalized spacial score (nSPS) is 18.3. The summed E-state index contributed by atoms with van der Waals surface area (Å²) in [4.78, 5) is 0.318. The van der Waals surface area contributed by atoms with Gasteiger partial charge >= 0.3 is 0 Å². The molecule has 112 valence electrons. The largest absolute Gasteiger partial charge is 0.396 e. The van der Waals surface area contributed by atoms with E-state index in [9.17, 15) is 8.42 Å². The molecule has 1 aliphatic rings. The molecule has 4 nitrogen and oxygen atoms in total. The highest BCUT2D eigenvalue weighted by Gasteiger charge is 2.33. The molecule has 1 saturated carbocycles. The van der Waals surface area contributed by atoms with Gasteiger partial charge in [-0.3, -0.25) is 0 Å². The fourth-order valence-corrected chi connectivity index (χ4v) is 4.22. The third-order valence-corrected chi connectivity index (χ3v) is 5.60. The summed E-state index contributed by atoms with van der Waals surface area (Å²) in [5.74, 6) is 0. The van der Waals surface area contributed by atoms with Crippen LogP contribution in [0, 0.1) is 0 Å². The van der Waals surface area contributed by atoms with Gasteiger partial charge in [0.15, 0.2) is 0 Å². The van der Waals surface area contributed by atoms with Crippen molar-refractivity contribution in [2.45, 2.75) is 55.9 Å². The van der Waals surface area contributed by atoms with Crippen LogP contribution in [0.25, 0.3) is 0 Å². The Hall–Kier alpha value is -0.910. The molecule has 0 bridgehead atoms. The van der Waals surface area contributed by atoms with Crippen LogP contribution in [-0.2, 0) is 16.4 Å². The molecule has 0 aliphatic heterocycles. The summed E-state index contributed by atoms with van der Waals surface area (Å²) in [7, 11) is -3.44.